The van der Waals surface area contributed by atoms with Gasteiger partial charge in [0.05, 0.1) is 6.26 Å². The van der Waals surface area contributed by atoms with Crippen LogP contribution in [0.25, 0.3) is 0 Å². The fourth-order valence-electron chi connectivity index (χ4n) is 1.47. The largest absolute Gasteiger partial charge is 0.355 e. The van der Waals surface area contributed by atoms with Gasteiger partial charge in [0.15, 0.2) is 5.96 Å². The lowest BCUT2D eigenvalue weighted by molar-refractivity contribution is 0.586. The van der Waals surface area contributed by atoms with Crippen molar-refractivity contribution in [1.29, 1.82) is 0 Å². The summed E-state index contributed by atoms with van der Waals surface area (Å²) in [6.07, 6.45) is 1.10. The van der Waals surface area contributed by atoms with Gasteiger partial charge in [-0.3, -0.25) is 4.99 Å². The third-order valence-electron chi connectivity index (χ3n) is 2.35. The summed E-state index contributed by atoms with van der Waals surface area (Å²) in [5.74, 6) is 0.231. The molecular formula is C12H19FN4O2S. The molecule has 1 aromatic rings. The van der Waals surface area contributed by atoms with E-state index in [1.165, 1.54) is 12.1 Å². The summed E-state index contributed by atoms with van der Waals surface area (Å²) in [5, 5.41) is 5.95. The third-order valence-corrected chi connectivity index (χ3v) is 3.08. The second-order valence-corrected chi connectivity index (χ2v) is 5.98. The topological polar surface area (TPSA) is 82.6 Å². The van der Waals surface area contributed by atoms with E-state index in [1.807, 2.05) is 0 Å². The van der Waals surface area contributed by atoms with E-state index in [0.29, 0.717) is 19.0 Å². The lowest BCUT2D eigenvalue weighted by Gasteiger charge is -2.12. The highest BCUT2D eigenvalue weighted by molar-refractivity contribution is 7.88. The van der Waals surface area contributed by atoms with E-state index in [2.05, 4.69) is 20.3 Å². The summed E-state index contributed by atoms with van der Waals surface area (Å²) >= 11 is 0. The number of hydrogen-bond acceptors (Lipinski definition) is 3. The smallest absolute Gasteiger partial charge is 0.208 e. The highest BCUT2D eigenvalue weighted by Gasteiger charge is 2.01. The summed E-state index contributed by atoms with van der Waals surface area (Å²) in [7, 11) is -1.58. The molecule has 3 N–H and O–H groups in total. The number of benzene rings is 1. The van der Waals surface area contributed by atoms with Crippen molar-refractivity contribution in [2.45, 2.75) is 6.54 Å². The molecule has 0 bridgehead atoms. The van der Waals surface area contributed by atoms with Gasteiger partial charge >= 0.3 is 0 Å². The summed E-state index contributed by atoms with van der Waals surface area (Å²) in [6.45, 7) is 1.09. The molecule has 0 saturated carbocycles. The van der Waals surface area contributed by atoms with E-state index in [9.17, 15) is 12.8 Å². The average Bonchev–Trinajstić information content (AvgIpc) is 2.37. The van der Waals surface area contributed by atoms with Crippen LogP contribution in [0.1, 0.15) is 5.56 Å². The minimum atomic E-state index is -3.18. The summed E-state index contributed by atoms with van der Waals surface area (Å²) in [6, 6.07) is 6.26. The van der Waals surface area contributed by atoms with Gasteiger partial charge in [0.2, 0.25) is 10.0 Å². The fourth-order valence-corrected chi connectivity index (χ4v) is 1.94. The molecule has 0 saturated heterocycles. The normalized spacial score (nSPS) is 12.2. The van der Waals surface area contributed by atoms with Crippen molar-refractivity contribution >= 4 is 16.0 Å². The van der Waals surface area contributed by atoms with Crippen molar-refractivity contribution in [3.63, 3.8) is 0 Å². The van der Waals surface area contributed by atoms with Crippen LogP contribution in [0.2, 0.25) is 0 Å². The second-order valence-electron chi connectivity index (χ2n) is 4.15. The number of nitrogens with zero attached hydrogens (tertiary/aromatic N) is 1. The van der Waals surface area contributed by atoms with Gasteiger partial charge in [-0.05, 0) is 17.7 Å². The number of sulfonamides is 1. The molecule has 0 fully saturated rings. The van der Waals surface area contributed by atoms with E-state index >= 15 is 0 Å². The lowest BCUT2D eigenvalue weighted by atomic mass is 10.2. The van der Waals surface area contributed by atoms with Gasteiger partial charge in [-0.1, -0.05) is 12.1 Å². The van der Waals surface area contributed by atoms with Crippen LogP contribution in [0.15, 0.2) is 29.3 Å². The van der Waals surface area contributed by atoms with Crippen molar-refractivity contribution in [3.8, 4) is 0 Å². The molecule has 20 heavy (non-hydrogen) atoms. The van der Waals surface area contributed by atoms with Crippen LogP contribution in [-0.2, 0) is 16.6 Å². The molecule has 0 spiro atoms. The van der Waals surface area contributed by atoms with Gasteiger partial charge in [-0.2, -0.15) is 0 Å². The number of halogens is 1. The number of rotatable bonds is 6. The SMILES string of the molecule is CN=C(NCCNS(C)(=O)=O)NCc1cccc(F)c1. The zero-order valence-corrected chi connectivity index (χ0v) is 12.3. The average molecular weight is 302 g/mol. The van der Waals surface area contributed by atoms with Gasteiger partial charge in [-0.15, -0.1) is 0 Å². The van der Waals surface area contributed by atoms with Gasteiger partial charge in [0.1, 0.15) is 5.82 Å². The number of hydrogen-bond donors (Lipinski definition) is 3. The number of guanidine groups is 1. The molecule has 112 valence electrons. The minimum absolute atomic E-state index is 0.263. The molecule has 0 amide bonds. The Morgan fingerprint density at radius 3 is 2.65 bits per heavy atom. The first-order valence-electron chi connectivity index (χ1n) is 6.04. The molecule has 0 aliphatic heterocycles. The lowest BCUT2D eigenvalue weighted by Crippen LogP contribution is -2.41. The predicted molar refractivity (Wildman–Crippen MR) is 77.4 cm³/mol. The molecule has 0 aliphatic carbocycles. The van der Waals surface area contributed by atoms with Gasteiger partial charge in [0, 0.05) is 26.7 Å². The Morgan fingerprint density at radius 2 is 2.05 bits per heavy atom. The van der Waals surface area contributed by atoms with E-state index in [1.54, 1.807) is 19.2 Å². The Labute approximate surface area is 118 Å². The predicted octanol–water partition coefficient (Wildman–Crippen LogP) is 0.0399. The van der Waals surface area contributed by atoms with Crippen LogP contribution in [0, 0.1) is 5.82 Å². The third kappa shape index (κ3) is 7.05. The van der Waals surface area contributed by atoms with Crippen LogP contribution in [-0.4, -0.2) is 40.8 Å². The van der Waals surface area contributed by atoms with Crippen LogP contribution in [0.5, 0.6) is 0 Å². The molecule has 0 aromatic heterocycles. The second kappa shape index (κ2) is 7.81. The molecule has 8 heteroatoms. The molecule has 0 atom stereocenters. The van der Waals surface area contributed by atoms with E-state index in [4.69, 9.17) is 0 Å². The van der Waals surface area contributed by atoms with Crippen LogP contribution < -0.4 is 15.4 Å². The van der Waals surface area contributed by atoms with Gasteiger partial charge in [-0.25, -0.2) is 17.5 Å². The van der Waals surface area contributed by atoms with E-state index in [-0.39, 0.29) is 12.4 Å². The molecule has 0 unspecified atom stereocenters. The summed E-state index contributed by atoms with van der Waals surface area (Å²) in [5.41, 5.74) is 0.794. The van der Waals surface area contributed by atoms with Gasteiger partial charge in [0.25, 0.3) is 0 Å². The fraction of sp³-hybridized carbons (Fsp3) is 0.417. The monoisotopic (exact) mass is 302 g/mol. The Bertz CT molecular complexity index is 560. The van der Waals surface area contributed by atoms with Crippen molar-refractivity contribution in [1.82, 2.24) is 15.4 Å². The summed E-state index contributed by atoms with van der Waals surface area (Å²) < 4.78 is 37.1. The van der Waals surface area contributed by atoms with Crippen molar-refractivity contribution in [3.05, 3.63) is 35.6 Å². The zero-order chi connectivity index (χ0) is 15.0. The maximum absolute atomic E-state index is 13.0. The molecular weight excluding hydrogens is 283 g/mol. The molecule has 0 aliphatic rings. The van der Waals surface area contributed by atoms with E-state index in [0.717, 1.165) is 11.8 Å². The number of aliphatic imine (C=N–C) groups is 1. The molecule has 0 radical (unpaired) electrons. The van der Waals surface area contributed by atoms with Crippen LogP contribution >= 0.6 is 0 Å². The maximum atomic E-state index is 13.0. The molecule has 1 aromatic carbocycles. The Kier molecular flexibility index (Phi) is 6.40. The van der Waals surface area contributed by atoms with Crippen molar-refractivity contribution in [2.75, 3.05) is 26.4 Å². The molecule has 0 heterocycles. The zero-order valence-electron chi connectivity index (χ0n) is 11.5. The minimum Gasteiger partial charge on any atom is -0.355 e. The highest BCUT2D eigenvalue weighted by Crippen LogP contribution is 2.02. The standard InChI is InChI=1S/C12H19FN4O2S/c1-14-12(15-6-7-17-20(2,18)19)16-9-10-4-3-5-11(13)8-10/h3-5,8,17H,6-7,9H2,1-2H3,(H2,14,15,16). The van der Waals surface area contributed by atoms with Crippen molar-refractivity contribution in [2.24, 2.45) is 4.99 Å². The first-order valence-corrected chi connectivity index (χ1v) is 7.93. The highest BCUT2D eigenvalue weighted by atomic mass is 32.2. The van der Waals surface area contributed by atoms with E-state index < -0.39 is 10.0 Å². The van der Waals surface area contributed by atoms with Crippen LogP contribution in [0.3, 0.4) is 0 Å². The molecule has 1 rings (SSSR count). The summed E-state index contributed by atoms with van der Waals surface area (Å²) in [4.78, 5) is 3.98. The first-order chi connectivity index (χ1) is 9.40. The Morgan fingerprint density at radius 1 is 1.30 bits per heavy atom. The maximum Gasteiger partial charge on any atom is 0.208 e. The van der Waals surface area contributed by atoms with Gasteiger partial charge < -0.3 is 10.6 Å². The Balaban J connectivity index is 2.33. The molecule has 6 nitrogen and oxygen atoms in total. The van der Waals surface area contributed by atoms with Crippen molar-refractivity contribution < 1.29 is 12.8 Å². The first kappa shape index (κ1) is 16.4. The number of nitrogens with one attached hydrogen (secondary N) is 3. The quantitative estimate of drug-likeness (QED) is 0.394. The van der Waals surface area contributed by atoms with Crippen LogP contribution in [0.4, 0.5) is 4.39 Å². The Hall–Kier alpha value is -1.67.